The zero-order valence-corrected chi connectivity index (χ0v) is 9.76. The number of benzene rings is 1. The van der Waals surface area contributed by atoms with E-state index in [4.69, 9.17) is 5.73 Å². The highest BCUT2D eigenvalue weighted by molar-refractivity contribution is 5.31. The molecule has 0 bridgehead atoms. The molecule has 1 aromatic carbocycles. The first-order valence-electron chi connectivity index (χ1n) is 5.90. The molecule has 2 unspecified atom stereocenters. The summed E-state index contributed by atoms with van der Waals surface area (Å²) in [5.74, 6) is 0. The Balaban J connectivity index is 2.33. The van der Waals surface area contributed by atoms with Crippen molar-refractivity contribution in [1.82, 2.24) is 4.90 Å². The minimum Gasteiger partial charge on any atom is -0.391 e. The van der Waals surface area contributed by atoms with Crippen LogP contribution in [0.2, 0.25) is 0 Å². The Labute approximate surface area is 96.9 Å². The summed E-state index contributed by atoms with van der Waals surface area (Å²) in [6.07, 6.45) is 1.68. The van der Waals surface area contributed by atoms with E-state index in [0.717, 1.165) is 24.9 Å². The maximum Gasteiger partial charge on any atom is 0.0737 e. The third-order valence-corrected chi connectivity index (χ3v) is 3.44. The molecule has 3 N–H and O–H groups in total. The molecule has 0 aromatic heterocycles. The highest BCUT2D eigenvalue weighted by Crippen LogP contribution is 2.31. The minimum absolute atomic E-state index is 0.105. The Bertz CT molecular complexity index is 344. The van der Waals surface area contributed by atoms with Gasteiger partial charge < -0.3 is 10.8 Å². The van der Waals surface area contributed by atoms with Crippen LogP contribution in [0.1, 0.15) is 30.0 Å². The largest absolute Gasteiger partial charge is 0.391 e. The number of nitrogens with two attached hydrogens (primary N) is 1. The molecule has 3 heteroatoms. The Morgan fingerprint density at radius 3 is 2.88 bits per heavy atom. The van der Waals surface area contributed by atoms with Gasteiger partial charge in [-0.05, 0) is 37.6 Å². The lowest BCUT2D eigenvalue weighted by Crippen LogP contribution is -2.39. The molecule has 88 valence electrons. The van der Waals surface area contributed by atoms with Gasteiger partial charge in [0.2, 0.25) is 0 Å². The van der Waals surface area contributed by atoms with Crippen molar-refractivity contribution < 1.29 is 5.11 Å². The number of likely N-dealkylation sites (N-methyl/N-ethyl adjacent to an activating group) is 1. The average Bonchev–Trinajstić information content (AvgIpc) is 2.29. The van der Waals surface area contributed by atoms with Gasteiger partial charge in [0, 0.05) is 6.54 Å². The van der Waals surface area contributed by atoms with E-state index in [1.165, 1.54) is 5.56 Å². The quantitative estimate of drug-likeness (QED) is 0.789. The van der Waals surface area contributed by atoms with E-state index in [9.17, 15) is 5.11 Å². The third kappa shape index (κ3) is 2.12. The summed E-state index contributed by atoms with van der Waals surface area (Å²) in [4.78, 5) is 2.22. The van der Waals surface area contributed by atoms with E-state index in [0.29, 0.717) is 6.54 Å². The van der Waals surface area contributed by atoms with Gasteiger partial charge in [-0.15, -0.1) is 0 Å². The van der Waals surface area contributed by atoms with E-state index >= 15 is 0 Å². The van der Waals surface area contributed by atoms with E-state index in [2.05, 4.69) is 18.0 Å². The molecule has 16 heavy (non-hydrogen) atoms. The second-order valence-electron chi connectivity index (χ2n) is 4.54. The van der Waals surface area contributed by atoms with Crippen molar-refractivity contribution in [3.05, 3.63) is 35.4 Å². The fraction of sp³-hybridized carbons (Fsp3) is 0.538. The van der Waals surface area contributed by atoms with Crippen LogP contribution in [-0.2, 0) is 6.54 Å². The zero-order valence-electron chi connectivity index (χ0n) is 9.76. The van der Waals surface area contributed by atoms with Gasteiger partial charge >= 0.3 is 0 Å². The first-order valence-corrected chi connectivity index (χ1v) is 5.90. The standard InChI is InChI=1S/C13H20N2O/c1-15-8-4-7-12(16)13(15)11-6-3-2-5-10(11)9-14/h2-3,5-6,12-13,16H,4,7-9,14H2,1H3. The molecule has 1 aliphatic heterocycles. The fourth-order valence-electron chi connectivity index (χ4n) is 2.59. The number of nitrogens with zero attached hydrogens (tertiary/aromatic N) is 1. The number of hydrogen-bond acceptors (Lipinski definition) is 3. The molecule has 1 aliphatic rings. The van der Waals surface area contributed by atoms with Crippen LogP contribution in [0.3, 0.4) is 0 Å². The van der Waals surface area contributed by atoms with Crippen LogP contribution < -0.4 is 5.73 Å². The number of rotatable bonds is 2. The Morgan fingerprint density at radius 1 is 1.44 bits per heavy atom. The molecule has 0 spiro atoms. The number of hydrogen-bond donors (Lipinski definition) is 2. The molecule has 1 saturated heterocycles. The maximum absolute atomic E-state index is 10.1. The van der Waals surface area contributed by atoms with Crippen molar-refractivity contribution >= 4 is 0 Å². The second kappa shape index (κ2) is 4.95. The first-order chi connectivity index (χ1) is 7.74. The van der Waals surface area contributed by atoms with Crippen LogP contribution in [0.5, 0.6) is 0 Å². The van der Waals surface area contributed by atoms with Crippen LogP contribution in [0.15, 0.2) is 24.3 Å². The van der Waals surface area contributed by atoms with Crippen molar-refractivity contribution in [3.63, 3.8) is 0 Å². The number of aliphatic hydroxyl groups is 1. The molecule has 0 radical (unpaired) electrons. The van der Waals surface area contributed by atoms with Crippen molar-refractivity contribution in [2.24, 2.45) is 5.73 Å². The summed E-state index contributed by atoms with van der Waals surface area (Å²) in [6, 6.07) is 8.25. The first kappa shape index (κ1) is 11.6. The molecule has 3 nitrogen and oxygen atoms in total. The number of piperidine rings is 1. The Hall–Kier alpha value is -0.900. The average molecular weight is 220 g/mol. The van der Waals surface area contributed by atoms with Crippen LogP contribution in [0.25, 0.3) is 0 Å². The molecule has 1 heterocycles. The van der Waals surface area contributed by atoms with Gasteiger partial charge in [-0.25, -0.2) is 0 Å². The molecule has 2 atom stereocenters. The van der Waals surface area contributed by atoms with Crippen LogP contribution in [0, 0.1) is 0 Å². The highest BCUT2D eigenvalue weighted by atomic mass is 16.3. The van der Waals surface area contributed by atoms with Gasteiger partial charge in [0.15, 0.2) is 0 Å². The minimum atomic E-state index is -0.272. The molecule has 1 fully saturated rings. The summed E-state index contributed by atoms with van der Waals surface area (Å²) in [6.45, 7) is 1.58. The zero-order chi connectivity index (χ0) is 11.5. The van der Waals surface area contributed by atoms with Crippen molar-refractivity contribution in [2.45, 2.75) is 31.5 Å². The second-order valence-corrected chi connectivity index (χ2v) is 4.54. The van der Waals surface area contributed by atoms with Crippen LogP contribution in [-0.4, -0.2) is 29.7 Å². The van der Waals surface area contributed by atoms with E-state index in [-0.39, 0.29) is 12.1 Å². The summed E-state index contributed by atoms with van der Waals surface area (Å²) < 4.78 is 0. The Kier molecular flexibility index (Phi) is 3.59. The van der Waals surface area contributed by atoms with E-state index < -0.39 is 0 Å². The van der Waals surface area contributed by atoms with Gasteiger partial charge in [0.05, 0.1) is 12.1 Å². The van der Waals surface area contributed by atoms with Crippen LogP contribution in [0.4, 0.5) is 0 Å². The summed E-state index contributed by atoms with van der Waals surface area (Å²) in [7, 11) is 2.07. The van der Waals surface area contributed by atoms with Crippen molar-refractivity contribution in [3.8, 4) is 0 Å². The van der Waals surface area contributed by atoms with Crippen LogP contribution >= 0.6 is 0 Å². The number of likely N-dealkylation sites (tertiary alicyclic amines) is 1. The smallest absolute Gasteiger partial charge is 0.0737 e. The summed E-state index contributed by atoms with van der Waals surface area (Å²) in [5, 5.41) is 10.1. The molecule has 0 amide bonds. The van der Waals surface area contributed by atoms with Gasteiger partial charge in [0.1, 0.15) is 0 Å². The lowest BCUT2D eigenvalue weighted by Gasteiger charge is -2.37. The highest BCUT2D eigenvalue weighted by Gasteiger charge is 2.29. The van der Waals surface area contributed by atoms with Gasteiger partial charge in [0.25, 0.3) is 0 Å². The maximum atomic E-state index is 10.1. The fourth-order valence-corrected chi connectivity index (χ4v) is 2.59. The predicted octanol–water partition coefficient (Wildman–Crippen LogP) is 1.27. The van der Waals surface area contributed by atoms with E-state index in [1.54, 1.807) is 0 Å². The summed E-state index contributed by atoms with van der Waals surface area (Å²) in [5.41, 5.74) is 8.07. The van der Waals surface area contributed by atoms with Crippen molar-refractivity contribution in [1.29, 1.82) is 0 Å². The Morgan fingerprint density at radius 2 is 2.19 bits per heavy atom. The predicted molar refractivity (Wildman–Crippen MR) is 64.9 cm³/mol. The molecular formula is C13H20N2O. The van der Waals surface area contributed by atoms with Crippen molar-refractivity contribution in [2.75, 3.05) is 13.6 Å². The van der Waals surface area contributed by atoms with Gasteiger partial charge in [-0.2, -0.15) is 0 Å². The topological polar surface area (TPSA) is 49.5 Å². The normalized spacial score (nSPS) is 26.9. The van der Waals surface area contributed by atoms with E-state index in [1.807, 2.05) is 18.2 Å². The van der Waals surface area contributed by atoms with Gasteiger partial charge in [-0.1, -0.05) is 24.3 Å². The molecular weight excluding hydrogens is 200 g/mol. The summed E-state index contributed by atoms with van der Waals surface area (Å²) >= 11 is 0. The van der Waals surface area contributed by atoms with Gasteiger partial charge in [-0.3, -0.25) is 4.90 Å². The molecule has 1 aromatic rings. The lowest BCUT2D eigenvalue weighted by molar-refractivity contribution is 0.0237. The molecule has 0 saturated carbocycles. The SMILES string of the molecule is CN1CCCC(O)C1c1ccccc1CN. The third-order valence-electron chi connectivity index (χ3n) is 3.44. The number of aliphatic hydroxyl groups excluding tert-OH is 1. The lowest BCUT2D eigenvalue weighted by atomic mass is 9.90. The monoisotopic (exact) mass is 220 g/mol. The molecule has 0 aliphatic carbocycles. The molecule has 2 rings (SSSR count).